The van der Waals surface area contributed by atoms with Gasteiger partial charge in [0, 0.05) is 44.8 Å². The second kappa shape index (κ2) is 8.60. The van der Waals surface area contributed by atoms with E-state index in [0.29, 0.717) is 29.9 Å². The summed E-state index contributed by atoms with van der Waals surface area (Å²) in [4.78, 5) is 25.2. The second-order valence-corrected chi connectivity index (χ2v) is 8.32. The van der Waals surface area contributed by atoms with Gasteiger partial charge in [0.05, 0.1) is 18.3 Å². The SMILES string of the molecule is [C-]#[N+]c1ccc2c(n1)c(N1C[C@@H](C)N(Cc3ccc(F)c(OC)c3)C[C@@H]1C)cc(=O)n2C. The van der Waals surface area contributed by atoms with E-state index in [4.69, 9.17) is 11.3 Å². The topological polar surface area (TPSA) is 55.0 Å². The van der Waals surface area contributed by atoms with E-state index >= 15 is 0 Å². The molecule has 2 aromatic heterocycles. The van der Waals surface area contributed by atoms with Gasteiger partial charge in [-0.05, 0) is 43.7 Å². The van der Waals surface area contributed by atoms with Gasteiger partial charge < -0.3 is 19.0 Å². The largest absolute Gasteiger partial charge is 0.494 e. The number of methoxy groups -OCH3 is 1. The molecule has 8 heteroatoms. The van der Waals surface area contributed by atoms with Crippen molar-refractivity contribution in [2.75, 3.05) is 25.1 Å². The smallest absolute Gasteiger partial charge is 0.270 e. The summed E-state index contributed by atoms with van der Waals surface area (Å²) in [6.45, 7) is 13.7. The van der Waals surface area contributed by atoms with Crippen molar-refractivity contribution in [2.45, 2.75) is 32.5 Å². The molecule has 0 N–H and O–H groups in total. The summed E-state index contributed by atoms with van der Waals surface area (Å²) < 4.78 is 20.5. The van der Waals surface area contributed by atoms with E-state index in [2.05, 4.69) is 33.5 Å². The van der Waals surface area contributed by atoms with Gasteiger partial charge in [-0.3, -0.25) is 9.69 Å². The molecule has 1 aliphatic heterocycles. The van der Waals surface area contributed by atoms with E-state index in [-0.39, 0.29) is 29.2 Å². The number of piperazine rings is 1. The van der Waals surface area contributed by atoms with E-state index in [1.54, 1.807) is 41.9 Å². The lowest BCUT2D eigenvalue weighted by Crippen LogP contribution is -2.56. The maximum absolute atomic E-state index is 13.8. The van der Waals surface area contributed by atoms with Crippen molar-refractivity contribution in [2.24, 2.45) is 7.05 Å². The summed E-state index contributed by atoms with van der Waals surface area (Å²) in [5.74, 6) is 0.184. The molecular formula is C24H26FN5O2. The van der Waals surface area contributed by atoms with E-state index in [0.717, 1.165) is 17.8 Å². The van der Waals surface area contributed by atoms with Crippen molar-refractivity contribution >= 4 is 22.5 Å². The molecular weight excluding hydrogens is 409 g/mol. The van der Waals surface area contributed by atoms with Crippen molar-refractivity contribution < 1.29 is 9.13 Å². The fourth-order valence-electron chi connectivity index (χ4n) is 4.37. The third-order valence-corrected chi connectivity index (χ3v) is 6.19. The van der Waals surface area contributed by atoms with Crippen molar-refractivity contribution in [1.29, 1.82) is 0 Å². The van der Waals surface area contributed by atoms with Gasteiger partial charge in [-0.2, -0.15) is 0 Å². The van der Waals surface area contributed by atoms with Crippen LogP contribution in [0.25, 0.3) is 15.9 Å². The minimum atomic E-state index is -0.369. The van der Waals surface area contributed by atoms with Gasteiger partial charge in [-0.1, -0.05) is 12.6 Å². The van der Waals surface area contributed by atoms with Crippen LogP contribution >= 0.6 is 0 Å². The Morgan fingerprint density at radius 2 is 1.97 bits per heavy atom. The minimum Gasteiger partial charge on any atom is -0.494 e. The number of aromatic nitrogens is 2. The van der Waals surface area contributed by atoms with Crippen molar-refractivity contribution in [3.05, 3.63) is 69.5 Å². The number of hydrogen-bond donors (Lipinski definition) is 0. The fraction of sp³-hybridized carbons (Fsp3) is 0.375. The number of hydrogen-bond acceptors (Lipinski definition) is 5. The number of nitrogens with zero attached hydrogens (tertiary/aromatic N) is 5. The van der Waals surface area contributed by atoms with E-state index in [1.807, 2.05) is 0 Å². The Hall–Kier alpha value is -3.44. The Bertz CT molecular complexity index is 1270. The summed E-state index contributed by atoms with van der Waals surface area (Å²) in [6, 6.07) is 10.3. The fourth-order valence-corrected chi connectivity index (χ4v) is 4.37. The number of ether oxygens (including phenoxy) is 1. The maximum Gasteiger partial charge on any atom is 0.270 e. The van der Waals surface area contributed by atoms with Crippen molar-refractivity contribution in [1.82, 2.24) is 14.5 Å². The number of aryl methyl sites for hydroxylation is 1. The Labute approximate surface area is 186 Å². The van der Waals surface area contributed by atoms with Crippen LogP contribution < -0.4 is 15.2 Å². The molecule has 3 heterocycles. The number of anilines is 1. The first kappa shape index (κ1) is 21.8. The van der Waals surface area contributed by atoms with Gasteiger partial charge in [0.15, 0.2) is 11.6 Å². The van der Waals surface area contributed by atoms with Gasteiger partial charge in [-0.15, -0.1) is 4.98 Å². The molecule has 1 saturated heterocycles. The molecule has 32 heavy (non-hydrogen) atoms. The number of pyridine rings is 2. The molecule has 0 spiro atoms. The summed E-state index contributed by atoms with van der Waals surface area (Å²) in [7, 11) is 3.18. The maximum atomic E-state index is 13.8. The molecule has 0 aliphatic carbocycles. The van der Waals surface area contributed by atoms with E-state index in [1.165, 1.54) is 13.2 Å². The monoisotopic (exact) mass is 435 g/mol. The first-order valence-corrected chi connectivity index (χ1v) is 10.5. The number of rotatable bonds is 4. The highest BCUT2D eigenvalue weighted by molar-refractivity contribution is 5.89. The van der Waals surface area contributed by atoms with E-state index < -0.39 is 0 Å². The summed E-state index contributed by atoms with van der Waals surface area (Å²) in [6.07, 6.45) is 0. The summed E-state index contributed by atoms with van der Waals surface area (Å²) in [5, 5.41) is 0. The molecule has 1 aromatic carbocycles. The zero-order valence-corrected chi connectivity index (χ0v) is 18.7. The number of fused-ring (bicyclic) bond motifs is 1. The predicted molar refractivity (Wildman–Crippen MR) is 123 cm³/mol. The average Bonchev–Trinajstić information content (AvgIpc) is 2.79. The van der Waals surface area contributed by atoms with Gasteiger partial charge >= 0.3 is 0 Å². The molecule has 166 valence electrons. The first-order chi connectivity index (χ1) is 15.3. The Balaban J connectivity index is 1.64. The third kappa shape index (κ3) is 3.92. The van der Waals surface area contributed by atoms with Gasteiger partial charge in [0.1, 0.15) is 0 Å². The molecule has 1 aliphatic rings. The first-order valence-electron chi connectivity index (χ1n) is 10.5. The molecule has 0 amide bonds. The van der Waals surface area contributed by atoms with Crippen LogP contribution in [0.4, 0.5) is 15.9 Å². The zero-order valence-electron chi connectivity index (χ0n) is 18.7. The molecule has 3 aromatic rings. The number of benzene rings is 1. The Morgan fingerprint density at radius 1 is 1.19 bits per heavy atom. The predicted octanol–water partition coefficient (Wildman–Crippen LogP) is 3.73. The lowest BCUT2D eigenvalue weighted by Gasteiger charge is -2.45. The molecule has 0 bridgehead atoms. The molecule has 2 atom stereocenters. The van der Waals surface area contributed by atoms with Crippen LogP contribution in [0.5, 0.6) is 5.75 Å². The van der Waals surface area contributed by atoms with Crippen LogP contribution in [0.1, 0.15) is 19.4 Å². The average molecular weight is 436 g/mol. The van der Waals surface area contributed by atoms with Crippen LogP contribution in [-0.4, -0.2) is 46.7 Å². The minimum absolute atomic E-state index is 0.106. The normalized spacial score (nSPS) is 19.2. The summed E-state index contributed by atoms with van der Waals surface area (Å²) in [5.41, 5.74) is 3.01. The molecule has 7 nitrogen and oxygen atoms in total. The standard InChI is InChI=1S/C24H26FN5O2/c1-15-13-30(16(2)12-29(15)14-17-6-7-18(25)21(10-17)32-5)20-11-23(31)28(4)19-8-9-22(26-3)27-24(19)20/h6-11,15-16H,12-14H2,1-2,4-5H3/t15-,16+/m1/s1. The van der Waals surface area contributed by atoms with Crippen LogP contribution in [0.2, 0.25) is 0 Å². The highest BCUT2D eigenvalue weighted by Crippen LogP contribution is 2.30. The van der Waals surface area contributed by atoms with Gasteiger partial charge in [-0.25, -0.2) is 4.39 Å². The molecule has 0 saturated carbocycles. The molecule has 4 rings (SSSR count). The zero-order chi connectivity index (χ0) is 23.0. The lowest BCUT2D eigenvalue weighted by atomic mass is 10.0. The van der Waals surface area contributed by atoms with Crippen LogP contribution in [0.3, 0.4) is 0 Å². The number of halogens is 1. The Morgan fingerprint density at radius 3 is 2.69 bits per heavy atom. The quantitative estimate of drug-likeness (QED) is 0.585. The van der Waals surface area contributed by atoms with Gasteiger partial charge in [0.2, 0.25) is 5.52 Å². The third-order valence-electron chi connectivity index (χ3n) is 6.19. The second-order valence-electron chi connectivity index (χ2n) is 8.32. The highest BCUT2D eigenvalue weighted by Gasteiger charge is 2.31. The Kier molecular flexibility index (Phi) is 5.85. The van der Waals surface area contributed by atoms with Crippen LogP contribution in [0, 0.1) is 12.4 Å². The van der Waals surface area contributed by atoms with Gasteiger partial charge in [0.25, 0.3) is 11.4 Å². The van der Waals surface area contributed by atoms with Crippen molar-refractivity contribution in [3.8, 4) is 5.75 Å². The summed E-state index contributed by atoms with van der Waals surface area (Å²) >= 11 is 0. The molecule has 1 fully saturated rings. The highest BCUT2D eigenvalue weighted by atomic mass is 19.1. The van der Waals surface area contributed by atoms with Crippen molar-refractivity contribution in [3.63, 3.8) is 0 Å². The van der Waals surface area contributed by atoms with E-state index in [9.17, 15) is 9.18 Å². The van der Waals surface area contributed by atoms with Crippen LogP contribution in [0.15, 0.2) is 41.2 Å². The lowest BCUT2D eigenvalue weighted by molar-refractivity contribution is 0.158. The molecule has 0 unspecified atom stereocenters. The van der Waals surface area contributed by atoms with Crippen LogP contribution in [-0.2, 0) is 13.6 Å². The molecule has 0 radical (unpaired) electrons.